The summed E-state index contributed by atoms with van der Waals surface area (Å²) in [5.74, 6) is 0.614. The molecule has 108 valence electrons. The topological polar surface area (TPSA) is 67.4 Å². The van der Waals surface area contributed by atoms with Gasteiger partial charge in [-0.2, -0.15) is 0 Å². The van der Waals surface area contributed by atoms with Crippen molar-refractivity contribution in [2.24, 2.45) is 0 Å². The average Bonchev–Trinajstić information content (AvgIpc) is 2.80. The molecule has 1 aliphatic heterocycles. The maximum atomic E-state index is 12.2. The third-order valence-corrected chi connectivity index (χ3v) is 5.31. The van der Waals surface area contributed by atoms with Crippen molar-refractivity contribution in [2.75, 3.05) is 20.2 Å². The number of rotatable bonds is 4. The first kappa shape index (κ1) is 16.7. The summed E-state index contributed by atoms with van der Waals surface area (Å²) in [6, 6.07) is 4.77. The Kier molecular flexibility index (Phi) is 6.07. The van der Waals surface area contributed by atoms with E-state index in [-0.39, 0.29) is 23.3 Å². The third kappa shape index (κ3) is 4.06. The van der Waals surface area contributed by atoms with E-state index in [9.17, 15) is 8.42 Å². The summed E-state index contributed by atoms with van der Waals surface area (Å²) in [5, 5.41) is 3.12. The van der Waals surface area contributed by atoms with E-state index in [4.69, 9.17) is 4.74 Å². The molecule has 2 rings (SSSR count). The van der Waals surface area contributed by atoms with Gasteiger partial charge in [0.2, 0.25) is 10.0 Å². The van der Waals surface area contributed by atoms with Crippen LogP contribution in [0.5, 0.6) is 5.75 Å². The lowest BCUT2D eigenvalue weighted by atomic mass is 10.3. The largest absolute Gasteiger partial charge is 0.497 e. The van der Waals surface area contributed by atoms with Crippen LogP contribution in [0.15, 0.2) is 27.6 Å². The molecule has 0 saturated carbocycles. The van der Waals surface area contributed by atoms with Crippen molar-refractivity contribution in [3.63, 3.8) is 0 Å². The van der Waals surface area contributed by atoms with Crippen molar-refractivity contribution in [1.82, 2.24) is 10.0 Å². The Bertz CT molecular complexity index is 533. The number of nitrogens with one attached hydrogen (secondary N) is 2. The van der Waals surface area contributed by atoms with Gasteiger partial charge in [0, 0.05) is 17.1 Å². The molecule has 0 aliphatic carbocycles. The van der Waals surface area contributed by atoms with Crippen LogP contribution >= 0.6 is 28.3 Å². The Morgan fingerprint density at radius 2 is 2.21 bits per heavy atom. The highest BCUT2D eigenvalue weighted by atomic mass is 79.9. The number of benzene rings is 1. The molecule has 2 N–H and O–H groups in total. The molecule has 1 atom stereocenters. The first-order chi connectivity index (χ1) is 8.53. The SMILES string of the molecule is COc1ccc(S(=O)(=O)NC2CCNC2)c(Br)c1.Cl. The highest BCUT2D eigenvalue weighted by Crippen LogP contribution is 2.26. The predicted molar refractivity (Wildman–Crippen MR) is 79.5 cm³/mol. The zero-order valence-corrected chi connectivity index (χ0v) is 13.6. The van der Waals surface area contributed by atoms with Gasteiger partial charge in [0.15, 0.2) is 0 Å². The Labute approximate surface area is 127 Å². The molecule has 1 fully saturated rings. The molecule has 0 radical (unpaired) electrons. The fourth-order valence-electron chi connectivity index (χ4n) is 1.86. The fourth-order valence-corrected chi connectivity index (χ4v) is 4.19. The number of sulfonamides is 1. The second-order valence-corrected chi connectivity index (χ2v) is 6.64. The summed E-state index contributed by atoms with van der Waals surface area (Å²) in [6.45, 7) is 1.52. The molecular weight excluding hydrogens is 356 g/mol. The van der Waals surface area contributed by atoms with Crippen molar-refractivity contribution >= 4 is 38.4 Å². The van der Waals surface area contributed by atoms with Crippen molar-refractivity contribution in [2.45, 2.75) is 17.4 Å². The van der Waals surface area contributed by atoms with E-state index in [2.05, 4.69) is 26.0 Å². The van der Waals surface area contributed by atoms with Gasteiger partial charge >= 0.3 is 0 Å². The maximum Gasteiger partial charge on any atom is 0.241 e. The highest BCUT2D eigenvalue weighted by molar-refractivity contribution is 9.10. The van der Waals surface area contributed by atoms with Gasteiger partial charge < -0.3 is 10.1 Å². The van der Waals surface area contributed by atoms with Gasteiger partial charge in [-0.25, -0.2) is 13.1 Å². The summed E-state index contributed by atoms with van der Waals surface area (Å²) >= 11 is 3.26. The van der Waals surface area contributed by atoms with Crippen LogP contribution in [0.3, 0.4) is 0 Å². The molecule has 19 heavy (non-hydrogen) atoms. The number of hydrogen-bond acceptors (Lipinski definition) is 4. The first-order valence-corrected chi connectivity index (χ1v) is 7.87. The zero-order chi connectivity index (χ0) is 13.2. The highest BCUT2D eigenvalue weighted by Gasteiger charge is 2.24. The number of ether oxygens (including phenoxy) is 1. The van der Waals surface area contributed by atoms with E-state index in [0.717, 1.165) is 13.0 Å². The third-order valence-electron chi connectivity index (χ3n) is 2.81. The minimum Gasteiger partial charge on any atom is -0.497 e. The Balaban J connectivity index is 0.00000180. The molecule has 5 nitrogen and oxygen atoms in total. The van der Waals surface area contributed by atoms with Crippen LogP contribution in [0.4, 0.5) is 0 Å². The van der Waals surface area contributed by atoms with Crippen LogP contribution in [0.25, 0.3) is 0 Å². The van der Waals surface area contributed by atoms with Crippen LogP contribution < -0.4 is 14.8 Å². The quantitative estimate of drug-likeness (QED) is 0.842. The van der Waals surface area contributed by atoms with Gasteiger partial charge in [-0.1, -0.05) is 0 Å². The molecule has 0 aromatic heterocycles. The van der Waals surface area contributed by atoms with E-state index in [1.54, 1.807) is 19.2 Å². The fraction of sp³-hybridized carbons (Fsp3) is 0.455. The molecule has 1 aromatic carbocycles. The van der Waals surface area contributed by atoms with Crippen molar-refractivity contribution < 1.29 is 13.2 Å². The second kappa shape index (κ2) is 6.90. The van der Waals surface area contributed by atoms with E-state index in [1.165, 1.54) is 6.07 Å². The molecule has 1 aliphatic rings. The minimum atomic E-state index is -3.49. The Morgan fingerprint density at radius 1 is 1.47 bits per heavy atom. The molecular formula is C11H16BrClN2O3S. The van der Waals surface area contributed by atoms with E-state index in [0.29, 0.717) is 16.8 Å². The summed E-state index contributed by atoms with van der Waals surface area (Å²) in [4.78, 5) is 0.232. The monoisotopic (exact) mass is 370 g/mol. The molecule has 0 bridgehead atoms. The summed E-state index contributed by atoms with van der Waals surface area (Å²) < 4.78 is 32.6. The normalized spacial score (nSPS) is 18.9. The lowest BCUT2D eigenvalue weighted by Gasteiger charge is -2.13. The van der Waals surface area contributed by atoms with Crippen molar-refractivity contribution in [3.8, 4) is 5.75 Å². The van der Waals surface area contributed by atoms with Crippen LogP contribution in [-0.4, -0.2) is 34.7 Å². The number of halogens is 2. The van der Waals surface area contributed by atoms with E-state index < -0.39 is 10.0 Å². The van der Waals surface area contributed by atoms with Gasteiger partial charge in [-0.05, 0) is 47.1 Å². The predicted octanol–water partition coefficient (Wildman–Crippen LogP) is 1.52. The van der Waals surface area contributed by atoms with Crippen molar-refractivity contribution in [1.29, 1.82) is 0 Å². The van der Waals surface area contributed by atoms with Gasteiger partial charge in [-0.3, -0.25) is 0 Å². The smallest absolute Gasteiger partial charge is 0.241 e. The van der Waals surface area contributed by atoms with E-state index >= 15 is 0 Å². The number of methoxy groups -OCH3 is 1. The van der Waals surface area contributed by atoms with Crippen LogP contribution in [-0.2, 0) is 10.0 Å². The van der Waals surface area contributed by atoms with Gasteiger partial charge in [0.05, 0.1) is 12.0 Å². The summed E-state index contributed by atoms with van der Waals surface area (Å²) in [5.41, 5.74) is 0. The average molecular weight is 372 g/mol. The Morgan fingerprint density at radius 3 is 2.74 bits per heavy atom. The second-order valence-electron chi connectivity index (χ2n) is 4.11. The van der Waals surface area contributed by atoms with Crippen LogP contribution in [0.1, 0.15) is 6.42 Å². The number of hydrogen-bond donors (Lipinski definition) is 2. The molecule has 1 heterocycles. The van der Waals surface area contributed by atoms with Gasteiger partial charge in [-0.15, -0.1) is 12.4 Å². The summed E-state index contributed by atoms with van der Waals surface area (Å²) in [6.07, 6.45) is 0.813. The first-order valence-electron chi connectivity index (χ1n) is 5.59. The van der Waals surface area contributed by atoms with Gasteiger partial charge in [0.25, 0.3) is 0 Å². The molecule has 1 saturated heterocycles. The molecule has 0 amide bonds. The van der Waals surface area contributed by atoms with Gasteiger partial charge in [0.1, 0.15) is 5.75 Å². The molecule has 0 spiro atoms. The maximum absolute atomic E-state index is 12.2. The van der Waals surface area contributed by atoms with Crippen molar-refractivity contribution in [3.05, 3.63) is 22.7 Å². The van der Waals surface area contributed by atoms with Crippen LogP contribution in [0, 0.1) is 0 Å². The Hall–Kier alpha value is -0.340. The van der Waals surface area contributed by atoms with E-state index in [1.807, 2.05) is 0 Å². The summed E-state index contributed by atoms with van der Waals surface area (Å²) in [7, 11) is -1.95. The minimum absolute atomic E-state index is 0. The molecule has 8 heteroatoms. The van der Waals surface area contributed by atoms with Crippen LogP contribution in [0.2, 0.25) is 0 Å². The lowest BCUT2D eigenvalue weighted by molar-refractivity contribution is 0.414. The lowest BCUT2D eigenvalue weighted by Crippen LogP contribution is -2.36. The molecule has 1 aromatic rings. The zero-order valence-electron chi connectivity index (χ0n) is 10.3. The molecule has 1 unspecified atom stereocenters. The standard InChI is InChI=1S/C11H15BrN2O3S.ClH/c1-17-9-2-3-11(10(12)6-9)18(15,16)14-8-4-5-13-7-8;/h2-3,6,8,13-14H,4-5,7H2,1H3;1H.